The van der Waals surface area contributed by atoms with Gasteiger partial charge in [0.15, 0.2) is 6.61 Å². The van der Waals surface area contributed by atoms with Gasteiger partial charge < -0.3 is 24.6 Å². The molecule has 0 bridgehead atoms. The SMILES string of the molecule is CCOC(=O)c1c(C)[nH]c(C(=O)COc2ccc(C)nc2[N+](=O)[O-])c1C. The summed E-state index contributed by atoms with van der Waals surface area (Å²) in [7, 11) is 0. The molecule has 1 N–H and O–H groups in total. The maximum absolute atomic E-state index is 12.4. The average molecular weight is 361 g/mol. The van der Waals surface area contributed by atoms with E-state index in [2.05, 4.69) is 9.97 Å². The van der Waals surface area contributed by atoms with Gasteiger partial charge in [-0.1, -0.05) is 0 Å². The van der Waals surface area contributed by atoms with Crippen LogP contribution in [-0.4, -0.2) is 39.9 Å². The van der Waals surface area contributed by atoms with E-state index < -0.39 is 29.1 Å². The highest BCUT2D eigenvalue weighted by Gasteiger charge is 2.24. The molecule has 0 atom stereocenters. The van der Waals surface area contributed by atoms with E-state index in [1.54, 1.807) is 33.8 Å². The van der Waals surface area contributed by atoms with Crippen LogP contribution in [0.25, 0.3) is 0 Å². The highest BCUT2D eigenvalue weighted by molar-refractivity contribution is 6.02. The van der Waals surface area contributed by atoms with Gasteiger partial charge in [0.05, 0.1) is 17.9 Å². The lowest BCUT2D eigenvalue weighted by Gasteiger charge is -2.06. The van der Waals surface area contributed by atoms with E-state index in [-0.39, 0.29) is 18.1 Å². The Balaban J connectivity index is 2.21. The number of aromatic nitrogens is 2. The van der Waals surface area contributed by atoms with Gasteiger partial charge in [-0.3, -0.25) is 4.79 Å². The summed E-state index contributed by atoms with van der Waals surface area (Å²) in [6, 6.07) is 2.94. The first-order valence-corrected chi connectivity index (χ1v) is 7.90. The number of rotatable bonds is 7. The number of ketones is 1. The Morgan fingerprint density at radius 2 is 1.96 bits per heavy atom. The second-order valence-electron chi connectivity index (χ2n) is 5.59. The van der Waals surface area contributed by atoms with E-state index >= 15 is 0 Å². The summed E-state index contributed by atoms with van der Waals surface area (Å²) in [4.78, 5) is 41.4. The van der Waals surface area contributed by atoms with Crippen LogP contribution in [0.2, 0.25) is 0 Å². The molecule has 0 aliphatic carbocycles. The van der Waals surface area contributed by atoms with E-state index in [0.29, 0.717) is 22.5 Å². The Kier molecular flexibility index (Phi) is 5.71. The molecule has 2 heterocycles. The van der Waals surface area contributed by atoms with Gasteiger partial charge in [-0.05, 0) is 48.4 Å². The minimum Gasteiger partial charge on any atom is -0.477 e. The summed E-state index contributed by atoms with van der Waals surface area (Å²) < 4.78 is 10.3. The number of ether oxygens (including phenoxy) is 2. The number of nitro groups is 1. The lowest BCUT2D eigenvalue weighted by Crippen LogP contribution is -2.14. The van der Waals surface area contributed by atoms with Crippen LogP contribution in [0.15, 0.2) is 12.1 Å². The zero-order chi connectivity index (χ0) is 19.4. The van der Waals surface area contributed by atoms with Gasteiger partial charge in [0, 0.05) is 12.6 Å². The lowest BCUT2D eigenvalue weighted by molar-refractivity contribution is -0.390. The molecule has 138 valence electrons. The molecule has 9 heteroatoms. The molecule has 9 nitrogen and oxygen atoms in total. The molecule has 0 radical (unpaired) electrons. The van der Waals surface area contributed by atoms with Gasteiger partial charge in [0.25, 0.3) is 0 Å². The van der Waals surface area contributed by atoms with Crippen LogP contribution in [0.1, 0.15) is 44.7 Å². The Labute approximate surface area is 149 Å². The van der Waals surface area contributed by atoms with Gasteiger partial charge >= 0.3 is 11.8 Å². The summed E-state index contributed by atoms with van der Waals surface area (Å²) >= 11 is 0. The standard InChI is InChI=1S/C17H19N3O6/c1-5-25-17(22)14-10(3)15(19-11(14)4)12(21)8-26-13-7-6-9(2)18-16(13)20(23)24/h6-7,19H,5,8H2,1-4H3. The first kappa shape index (κ1) is 19.1. The summed E-state index contributed by atoms with van der Waals surface area (Å²) in [6.07, 6.45) is 0. The van der Waals surface area contributed by atoms with E-state index in [0.717, 1.165) is 0 Å². The van der Waals surface area contributed by atoms with Gasteiger partial charge in [0.2, 0.25) is 11.5 Å². The number of hydrogen-bond acceptors (Lipinski definition) is 7. The van der Waals surface area contributed by atoms with Crippen molar-refractivity contribution in [1.82, 2.24) is 9.97 Å². The third-order valence-corrected chi connectivity index (χ3v) is 3.71. The van der Waals surface area contributed by atoms with Crippen LogP contribution in [-0.2, 0) is 4.74 Å². The fourth-order valence-corrected chi connectivity index (χ4v) is 2.53. The Morgan fingerprint density at radius 3 is 2.58 bits per heavy atom. The fraction of sp³-hybridized carbons (Fsp3) is 0.353. The van der Waals surface area contributed by atoms with Crippen molar-refractivity contribution in [2.24, 2.45) is 0 Å². The van der Waals surface area contributed by atoms with Crippen LogP contribution >= 0.6 is 0 Å². The maximum Gasteiger partial charge on any atom is 0.406 e. The molecule has 2 rings (SSSR count). The van der Waals surface area contributed by atoms with Crippen LogP contribution in [0.4, 0.5) is 5.82 Å². The molecular weight excluding hydrogens is 342 g/mol. The summed E-state index contributed by atoms with van der Waals surface area (Å²) in [5.41, 5.74) is 1.93. The molecule has 0 unspecified atom stereocenters. The molecule has 0 fully saturated rings. The highest BCUT2D eigenvalue weighted by atomic mass is 16.6. The van der Waals surface area contributed by atoms with Crippen molar-refractivity contribution in [2.75, 3.05) is 13.2 Å². The van der Waals surface area contributed by atoms with Crippen molar-refractivity contribution in [1.29, 1.82) is 0 Å². The van der Waals surface area contributed by atoms with E-state index in [1.165, 1.54) is 6.07 Å². The quantitative estimate of drug-likeness (QED) is 0.348. The lowest BCUT2D eigenvalue weighted by atomic mass is 10.1. The fourth-order valence-electron chi connectivity index (χ4n) is 2.53. The number of esters is 1. The van der Waals surface area contributed by atoms with Gasteiger partial charge in [-0.15, -0.1) is 0 Å². The predicted molar refractivity (Wildman–Crippen MR) is 91.7 cm³/mol. The van der Waals surface area contributed by atoms with Crippen LogP contribution < -0.4 is 4.74 Å². The molecule has 0 aliphatic rings. The number of aryl methyl sites for hydroxylation is 2. The molecule has 0 saturated carbocycles. The minimum atomic E-state index is -0.671. The second kappa shape index (κ2) is 7.77. The van der Waals surface area contributed by atoms with Crippen molar-refractivity contribution in [2.45, 2.75) is 27.7 Å². The number of nitrogens with zero attached hydrogens (tertiary/aromatic N) is 2. The number of carbonyl (C=O) groups is 2. The van der Waals surface area contributed by atoms with E-state index in [1.807, 2.05) is 0 Å². The number of aromatic amines is 1. The number of carbonyl (C=O) groups excluding carboxylic acids is 2. The summed E-state index contributed by atoms with van der Waals surface area (Å²) in [6.45, 7) is 6.38. The number of nitrogens with one attached hydrogen (secondary N) is 1. The van der Waals surface area contributed by atoms with Crippen molar-refractivity contribution in [3.05, 3.63) is 50.5 Å². The Hall–Kier alpha value is -3.23. The van der Waals surface area contributed by atoms with E-state index in [9.17, 15) is 19.7 Å². The largest absolute Gasteiger partial charge is 0.477 e. The Morgan fingerprint density at radius 1 is 1.27 bits per heavy atom. The number of H-pyrrole nitrogens is 1. The molecule has 0 aliphatic heterocycles. The molecule has 2 aromatic rings. The molecule has 0 amide bonds. The van der Waals surface area contributed by atoms with Gasteiger partial charge in [-0.25, -0.2) is 4.79 Å². The molecule has 26 heavy (non-hydrogen) atoms. The van der Waals surface area contributed by atoms with Gasteiger partial charge in [-0.2, -0.15) is 0 Å². The third kappa shape index (κ3) is 3.88. The molecule has 0 aromatic carbocycles. The number of pyridine rings is 1. The maximum atomic E-state index is 12.4. The van der Waals surface area contributed by atoms with E-state index in [4.69, 9.17) is 9.47 Å². The van der Waals surface area contributed by atoms with Crippen molar-refractivity contribution in [3.8, 4) is 5.75 Å². The third-order valence-electron chi connectivity index (χ3n) is 3.71. The van der Waals surface area contributed by atoms with Crippen molar-refractivity contribution in [3.63, 3.8) is 0 Å². The Bertz CT molecular complexity index is 872. The first-order chi connectivity index (χ1) is 12.3. The predicted octanol–water partition coefficient (Wildman–Crippen LogP) is 2.68. The minimum absolute atomic E-state index is 0.0968. The number of Topliss-reactive ketones (excluding diaryl/α,β-unsaturated/α-hetero) is 1. The zero-order valence-corrected chi connectivity index (χ0v) is 14.9. The van der Waals surface area contributed by atoms with Crippen molar-refractivity contribution >= 4 is 17.6 Å². The summed E-state index contributed by atoms with van der Waals surface area (Å²) in [5.74, 6) is -1.52. The highest BCUT2D eigenvalue weighted by Crippen LogP contribution is 2.25. The topological polar surface area (TPSA) is 124 Å². The molecule has 0 saturated heterocycles. The smallest absolute Gasteiger partial charge is 0.406 e. The average Bonchev–Trinajstić information content (AvgIpc) is 2.88. The normalized spacial score (nSPS) is 10.5. The summed E-state index contributed by atoms with van der Waals surface area (Å²) in [5, 5.41) is 11.0. The first-order valence-electron chi connectivity index (χ1n) is 7.90. The van der Waals surface area contributed by atoms with Gasteiger partial charge in [0.1, 0.15) is 5.69 Å². The second-order valence-corrected chi connectivity index (χ2v) is 5.59. The monoisotopic (exact) mass is 361 g/mol. The molecule has 0 spiro atoms. The zero-order valence-electron chi connectivity index (χ0n) is 14.9. The van der Waals surface area contributed by atoms with Crippen LogP contribution in [0.5, 0.6) is 5.75 Å². The van der Waals surface area contributed by atoms with Crippen LogP contribution in [0.3, 0.4) is 0 Å². The van der Waals surface area contributed by atoms with Crippen LogP contribution in [0, 0.1) is 30.9 Å². The number of hydrogen-bond donors (Lipinski definition) is 1. The molecule has 2 aromatic heterocycles. The molecular formula is C17H19N3O6. The van der Waals surface area contributed by atoms with Crippen molar-refractivity contribution < 1.29 is 24.0 Å².